The molecule has 1 aliphatic heterocycles. The van der Waals surface area contributed by atoms with Gasteiger partial charge in [0.15, 0.2) is 0 Å². The minimum atomic E-state index is -0.161. The summed E-state index contributed by atoms with van der Waals surface area (Å²) in [7, 11) is 3.76. The third-order valence-corrected chi connectivity index (χ3v) is 2.28. The van der Waals surface area contributed by atoms with Gasteiger partial charge in [0, 0.05) is 26.1 Å². The lowest BCUT2D eigenvalue weighted by Crippen LogP contribution is -2.42. The highest BCUT2D eigenvalue weighted by atomic mass is 16.5. The number of hydrogen-bond acceptors (Lipinski definition) is 3. The van der Waals surface area contributed by atoms with Crippen LogP contribution in [0.25, 0.3) is 0 Å². The molecule has 1 rings (SSSR count). The van der Waals surface area contributed by atoms with Crippen LogP contribution < -0.4 is 0 Å². The van der Waals surface area contributed by atoms with Crippen molar-refractivity contribution in [2.75, 3.05) is 33.9 Å². The predicted molar refractivity (Wildman–Crippen MR) is 43.5 cm³/mol. The molecule has 1 fully saturated rings. The molecule has 1 aliphatic rings. The number of rotatable bonds is 2. The zero-order valence-corrected chi connectivity index (χ0v) is 7.29. The van der Waals surface area contributed by atoms with Crippen molar-refractivity contribution in [3.8, 4) is 0 Å². The second kappa shape index (κ2) is 4.04. The van der Waals surface area contributed by atoms with Gasteiger partial charge in [0.1, 0.15) is 0 Å². The molecule has 0 aromatic carbocycles. The summed E-state index contributed by atoms with van der Waals surface area (Å²) in [6.45, 7) is 2.63. The summed E-state index contributed by atoms with van der Waals surface area (Å²) in [5.41, 5.74) is 0. The zero-order chi connectivity index (χ0) is 8.27. The Hall–Kier alpha value is -0.120. The van der Waals surface area contributed by atoms with Gasteiger partial charge in [0.25, 0.3) is 0 Å². The summed E-state index contributed by atoms with van der Waals surface area (Å²) >= 11 is 0. The van der Waals surface area contributed by atoms with Crippen LogP contribution in [0, 0.1) is 5.92 Å². The Balaban J connectivity index is 2.34. The van der Waals surface area contributed by atoms with Gasteiger partial charge in [0.2, 0.25) is 0 Å². The van der Waals surface area contributed by atoms with E-state index >= 15 is 0 Å². The SMILES string of the molecule is COCC1CN(C)CCC1O. The monoisotopic (exact) mass is 159 g/mol. The average molecular weight is 159 g/mol. The Morgan fingerprint density at radius 2 is 2.36 bits per heavy atom. The van der Waals surface area contributed by atoms with Crippen molar-refractivity contribution < 1.29 is 9.84 Å². The summed E-state index contributed by atoms with van der Waals surface area (Å²) in [5.74, 6) is 0.304. The fourth-order valence-electron chi connectivity index (χ4n) is 1.58. The van der Waals surface area contributed by atoms with Gasteiger partial charge in [-0.2, -0.15) is 0 Å². The van der Waals surface area contributed by atoms with Crippen molar-refractivity contribution in [1.29, 1.82) is 0 Å². The molecule has 0 aromatic rings. The van der Waals surface area contributed by atoms with Crippen LogP contribution in [0.1, 0.15) is 6.42 Å². The normalized spacial score (nSPS) is 34.1. The first kappa shape index (κ1) is 8.97. The molecule has 0 radical (unpaired) electrons. The molecular formula is C8H17NO2. The van der Waals surface area contributed by atoms with E-state index < -0.39 is 0 Å². The van der Waals surface area contributed by atoms with E-state index in [9.17, 15) is 5.11 Å². The average Bonchev–Trinajstić information content (AvgIpc) is 1.98. The van der Waals surface area contributed by atoms with Crippen LogP contribution in [0.2, 0.25) is 0 Å². The molecular weight excluding hydrogens is 142 g/mol. The van der Waals surface area contributed by atoms with Crippen molar-refractivity contribution in [3.05, 3.63) is 0 Å². The first-order valence-electron chi connectivity index (χ1n) is 4.09. The number of hydrogen-bond donors (Lipinski definition) is 1. The molecule has 66 valence electrons. The number of piperidine rings is 1. The maximum atomic E-state index is 9.51. The second-order valence-electron chi connectivity index (χ2n) is 3.33. The maximum absolute atomic E-state index is 9.51. The highest BCUT2D eigenvalue weighted by Crippen LogP contribution is 2.15. The minimum Gasteiger partial charge on any atom is -0.393 e. The number of aliphatic hydroxyl groups excluding tert-OH is 1. The van der Waals surface area contributed by atoms with Gasteiger partial charge in [-0.15, -0.1) is 0 Å². The van der Waals surface area contributed by atoms with Gasteiger partial charge >= 0.3 is 0 Å². The summed E-state index contributed by atoms with van der Waals surface area (Å²) in [6, 6.07) is 0. The molecule has 1 saturated heterocycles. The van der Waals surface area contributed by atoms with Gasteiger partial charge in [-0.3, -0.25) is 0 Å². The number of aliphatic hydroxyl groups is 1. The van der Waals surface area contributed by atoms with Crippen LogP contribution >= 0.6 is 0 Å². The van der Waals surface area contributed by atoms with E-state index in [0.29, 0.717) is 12.5 Å². The van der Waals surface area contributed by atoms with Gasteiger partial charge in [-0.1, -0.05) is 0 Å². The minimum absolute atomic E-state index is 0.161. The van der Waals surface area contributed by atoms with E-state index in [1.54, 1.807) is 7.11 Å². The molecule has 0 aromatic heterocycles. The molecule has 0 saturated carbocycles. The zero-order valence-electron chi connectivity index (χ0n) is 7.29. The summed E-state index contributed by atoms with van der Waals surface area (Å²) in [4.78, 5) is 2.23. The van der Waals surface area contributed by atoms with E-state index in [4.69, 9.17) is 4.74 Å². The van der Waals surface area contributed by atoms with Crippen LogP contribution in [0.3, 0.4) is 0 Å². The van der Waals surface area contributed by atoms with Gasteiger partial charge in [-0.25, -0.2) is 0 Å². The molecule has 0 bridgehead atoms. The highest BCUT2D eigenvalue weighted by Gasteiger charge is 2.25. The first-order valence-corrected chi connectivity index (χ1v) is 4.09. The summed E-state index contributed by atoms with van der Waals surface area (Å²) in [6.07, 6.45) is 0.719. The van der Waals surface area contributed by atoms with Gasteiger partial charge in [0.05, 0.1) is 12.7 Å². The van der Waals surface area contributed by atoms with E-state index in [2.05, 4.69) is 11.9 Å². The van der Waals surface area contributed by atoms with Crippen LogP contribution in [0.4, 0.5) is 0 Å². The van der Waals surface area contributed by atoms with Crippen LogP contribution in [-0.2, 0) is 4.74 Å². The van der Waals surface area contributed by atoms with Crippen molar-refractivity contribution in [2.24, 2.45) is 5.92 Å². The lowest BCUT2D eigenvalue weighted by atomic mass is 9.96. The Labute approximate surface area is 68.0 Å². The first-order chi connectivity index (χ1) is 5.24. The van der Waals surface area contributed by atoms with E-state index in [-0.39, 0.29) is 6.10 Å². The summed E-state index contributed by atoms with van der Waals surface area (Å²) in [5, 5.41) is 9.51. The van der Waals surface area contributed by atoms with Crippen molar-refractivity contribution in [3.63, 3.8) is 0 Å². The quantitative estimate of drug-likeness (QED) is 0.613. The molecule has 1 N–H and O–H groups in total. The number of methoxy groups -OCH3 is 1. The number of likely N-dealkylation sites (tertiary alicyclic amines) is 1. The molecule has 2 unspecified atom stereocenters. The van der Waals surface area contributed by atoms with E-state index in [1.165, 1.54) is 0 Å². The highest BCUT2D eigenvalue weighted by molar-refractivity contribution is 4.77. The molecule has 3 nitrogen and oxygen atoms in total. The van der Waals surface area contributed by atoms with Crippen LogP contribution in [0.15, 0.2) is 0 Å². The molecule has 1 heterocycles. The predicted octanol–water partition coefficient (Wildman–Crippen LogP) is -0.0546. The van der Waals surface area contributed by atoms with Crippen LogP contribution in [0.5, 0.6) is 0 Å². The Morgan fingerprint density at radius 3 is 3.00 bits per heavy atom. The summed E-state index contributed by atoms with van der Waals surface area (Å²) < 4.78 is 5.01. The van der Waals surface area contributed by atoms with Gasteiger partial charge < -0.3 is 14.7 Å². The van der Waals surface area contributed by atoms with Crippen molar-refractivity contribution >= 4 is 0 Å². The van der Waals surface area contributed by atoms with E-state index in [1.807, 2.05) is 0 Å². The molecule has 11 heavy (non-hydrogen) atoms. The smallest absolute Gasteiger partial charge is 0.0614 e. The molecule has 0 amide bonds. The Bertz CT molecular complexity index is 119. The second-order valence-corrected chi connectivity index (χ2v) is 3.33. The Kier molecular flexibility index (Phi) is 3.30. The van der Waals surface area contributed by atoms with Crippen LogP contribution in [-0.4, -0.2) is 50.0 Å². The lowest BCUT2D eigenvalue weighted by molar-refractivity contribution is -0.00320. The molecule has 3 heteroatoms. The van der Waals surface area contributed by atoms with Gasteiger partial charge in [-0.05, 0) is 13.5 Å². The third kappa shape index (κ3) is 2.43. The standard InChI is InChI=1S/C8H17NO2/c1-9-4-3-8(10)7(5-9)6-11-2/h7-8,10H,3-6H2,1-2H3. The maximum Gasteiger partial charge on any atom is 0.0614 e. The third-order valence-electron chi connectivity index (χ3n) is 2.28. The van der Waals surface area contributed by atoms with Crippen molar-refractivity contribution in [1.82, 2.24) is 4.90 Å². The van der Waals surface area contributed by atoms with E-state index in [0.717, 1.165) is 19.5 Å². The largest absolute Gasteiger partial charge is 0.393 e. The van der Waals surface area contributed by atoms with Crippen molar-refractivity contribution in [2.45, 2.75) is 12.5 Å². The lowest BCUT2D eigenvalue weighted by Gasteiger charge is -2.33. The molecule has 0 spiro atoms. The fraction of sp³-hybridized carbons (Fsp3) is 1.00. The topological polar surface area (TPSA) is 32.7 Å². The number of ether oxygens (including phenoxy) is 1. The molecule has 2 atom stereocenters. The molecule has 0 aliphatic carbocycles. The number of nitrogens with zero attached hydrogens (tertiary/aromatic N) is 1. The Morgan fingerprint density at radius 1 is 1.64 bits per heavy atom. The fourth-order valence-corrected chi connectivity index (χ4v) is 1.58.